The quantitative estimate of drug-likeness (QED) is 0.832. The van der Waals surface area contributed by atoms with Crippen molar-refractivity contribution in [2.75, 3.05) is 6.54 Å². The third kappa shape index (κ3) is 2.24. The van der Waals surface area contributed by atoms with E-state index < -0.39 is 10.0 Å². The van der Waals surface area contributed by atoms with Crippen molar-refractivity contribution in [3.63, 3.8) is 0 Å². The molecule has 1 aliphatic carbocycles. The molecular weight excluding hydrogens is 318 g/mol. The van der Waals surface area contributed by atoms with Crippen molar-refractivity contribution in [3.05, 3.63) is 63.7 Å². The first-order valence-corrected chi connectivity index (χ1v) is 10.0. The zero-order valence-electron chi connectivity index (χ0n) is 14.5. The van der Waals surface area contributed by atoms with E-state index in [0.29, 0.717) is 11.4 Å². The van der Waals surface area contributed by atoms with Crippen LogP contribution >= 0.6 is 0 Å². The second kappa shape index (κ2) is 5.43. The molecule has 0 bridgehead atoms. The fourth-order valence-corrected chi connectivity index (χ4v) is 6.66. The molecule has 2 aromatic rings. The zero-order valence-corrected chi connectivity index (χ0v) is 15.3. The standard InChI is InChI=1S/C20H23NO2S/c1-13-11-14(2)20(15(3)12-13)24(22,23)21-10-9-17-6-4-5-16-7-8-18(21)19(16)17/h4-6,11-12,18H,7-10H2,1-3H3. The lowest BCUT2D eigenvalue weighted by Gasteiger charge is -2.35. The van der Waals surface area contributed by atoms with Crippen LogP contribution in [0, 0.1) is 20.8 Å². The Morgan fingerprint density at radius 1 is 1.00 bits per heavy atom. The monoisotopic (exact) mass is 341 g/mol. The molecule has 0 spiro atoms. The Bertz CT molecular complexity index is 908. The molecule has 126 valence electrons. The first-order chi connectivity index (χ1) is 11.4. The molecule has 3 nitrogen and oxygen atoms in total. The maximum atomic E-state index is 13.5. The fraction of sp³-hybridized carbons (Fsp3) is 0.400. The third-order valence-corrected chi connectivity index (χ3v) is 7.64. The lowest BCUT2D eigenvalue weighted by atomic mass is 9.95. The number of benzene rings is 2. The molecule has 1 atom stereocenters. The molecule has 4 rings (SSSR count). The lowest BCUT2D eigenvalue weighted by Crippen LogP contribution is -2.39. The Kier molecular flexibility index (Phi) is 3.59. The smallest absolute Gasteiger partial charge is 0.207 e. The predicted molar refractivity (Wildman–Crippen MR) is 95.8 cm³/mol. The van der Waals surface area contributed by atoms with Crippen LogP contribution in [0.3, 0.4) is 0 Å². The molecule has 0 aromatic heterocycles. The summed E-state index contributed by atoms with van der Waals surface area (Å²) in [5, 5.41) is 0. The van der Waals surface area contributed by atoms with Gasteiger partial charge in [0.05, 0.1) is 10.9 Å². The van der Waals surface area contributed by atoms with Gasteiger partial charge in [-0.15, -0.1) is 0 Å². The van der Waals surface area contributed by atoms with Crippen LogP contribution in [0.4, 0.5) is 0 Å². The summed E-state index contributed by atoms with van der Waals surface area (Å²) in [5.74, 6) is 0. The van der Waals surface area contributed by atoms with Crippen molar-refractivity contribution in [2.24, 2.45) is 0 Å². The van der Waals surface area contributed by atoms with Crippen LogP contribution in [0.2, 0.25) is 0 Å². The van der Waals surface area contributed by atoms with Gasteiger partial charge in [-0.2, -0.15) is 4.31 Å². The van der Waals surface area contributed by atoms with E-state index in [1.807, 2.05) is 32.9 Å². The highest BCUT2D eigenvalue weighted by Gasteiger charge is 2.40. The maximum Gasteiger partial charge on any atom is 0.244 e. The Morgan fingerprint density at radius 3 is 2.29 bits per heavy atom. The van der Waals surface area contributed by atoms with Crippen LogP contribution in [0.5, 0.6) is 0 Å². The van der Waals surface area contributed by atoms with E-state index in [-0.39, 0.29) is 6.04 Å². The predicted octanol–water partition coefficient (Wildman–Crippen LogP) is 3.85. The molecule has 1 heterocycles. The van der Waals surface area contributed by atoms with Gasteiger partial charge in [0.2, 0.25) is 10.0 Å². The van der Waals surface area contributed by atoms with Crippen molar-refractivity contribution in [3.8, 4) is 0 Å². The highest BCUT2D eigenvalue weighted by atomic mass is 32.2. The summed E-state index contributed by atoms with van der Waals surface area (Å²) < 4.78 is 28.7. The van der Waals surface area contributed by atoms with Crippen LogP contribution in [0.15, 0.2) is 35.2 Å². The number of sulfonamides is 1. The highest BCUT2D eigenvalue weighted by Crippen LogP contribution is 2.44. The van der Waals surface area contributed by atoms with Gasteiger partial charge in [0.25, 0.3) is 0 Å². The minimum atomic E-state index is -3.48. The number of hydrogen-bond acceptors (Lipinski definition) is 2. The molecule has 2 aromatic carbocycles. The molecule has 0 saturated heterocycles. The number of nitrogens with zero attached hydrogens (tertiary/aromatic N) is 1. The van der Waals surface area contributed by atoms with Gasteiger partial charge in [-0.25, -0.2) is 8.42 Å². The lowest BCUT2D eigenvalue weighted by molar-refractivity contribution is 0.308. The number of hydrogen-bond donors (Lipinski definition) is 0. The second-order valence-corrected chi connectivity index (χ2v) is 8.97. The maximum absolute atomic E-state index is 13.5. The van der Waals surface area contributed by atoms with Gasteiger partial charge in [0.15, 0.2) is 0 Å². The topological polar surface area (TPSA) is 37.4 Å². The summed E-state index contributed by atoms with van der Waals surface area (Å²) in [5.41, 5.74) is 6.74. The molecule has 2 aliphatic rings. The van der Waals surface area contributed by atoms with Crippen LogP contribution < -0.4 is 0 Å². The van der Waals surface area contributed by atoms with Crippen molar-refractivity contribution >= 4 is 10.0 Å². The third-order valence-electron chi connectivity index (χ3n) is 5.43. The van der Waals surface area contributed by atoms with E-state index in [4.69, 9.17) is 0 Å². The highest BCUT2D eigenvalue weighted by molar-refractivity contribution is 7.89. The summed E-state index contributed by atoms with van der Waals surface area (Å²) >= 11 is 0. The van der Waals surface area contributed by atoms with Gasteiger partial charge in [-0.3, -0.25) is 0 Å². The minimum absolute atomic E-state index is 0.00931. The Balaban J connectivity index is 1.83. The average Bonchev–Trinajstić information content (AvgIpc) is 2.92. The normalized spacial score (nSPS) is 20.2. The molecule has 1 aliphatic heterocycles. The summed E-state index contributed by atoms with van der Waals surface area (Å²) in [6, 6.07) is 10.4. The molecule has 0 fully saturated rings. The Morgan fingerprint density at radius 2 is 1.62 bits per heavy atom. The fourth-order valence-electron chi connectivity index (χ4n) is 4.62. The molecule has 0 radical (unpaired) electrons. The first kappa shape index (κ1) is 15.9. The van der Waals surface area contributed by atoms with E-state index in [9.17, 15) is 8.42 Å². The first-order valence-electron chi connectivity index (χ1n) is 8.60. The largest absolute Gasteiger partial charge is 0.244 e. The van der Waals surface area contributed by atoms with Crippen molar-refractivity contribution in [1.82, 2.24) is 4.31 Å². The van der Waals surface area contributed by atoms with Crippen LogP contribution in [0.25, 0.3) is 0 Å². The van der Waals surface area contributed by atoms with Gasteiger partial charge < -0.3 is 0 Å². The van der Waals surface area contributed by atoms with Gasteiger partial charge in [0.1, 0.15) is 0 Å². The molecule has 24 heavy (non-hydrogen) atoms. The number of aryl methyl sites for hydroxylation is 4. The van der Waals surface area contributed by atoms with E-state index in [2.05, 4.69) is 18.2 Å². The van der Waals surface area contributed by atoms with Gasteiger partial charge >= 0.3 is 0 Å². The molecule has 0 N–H and O–H groups in total. The summed E-state index contributed by atoms with van der Waals surface area (Å²) in [6.07, 6.45) is 2.68. The van der Waals surface area contributed by atoms with E-state index in [1.165, 1.54) is 16.7 Å². The molecule has 4 heteroatoms. The van der Waals surface area contributed by atoms with Crippen LogP contribution in [0.1, 0.15) is 45.8 Å². The zero-order chi connectivity index (χ0) is 17.1. The van der Waals surface area contributed by atoms with Crippen LogP contribution in [-0.2, 0) is 22.9 Å². The molecule has 0 amide bonds. The second-order valence-electron chi connectivity index (χ2n) is 7.14. The molecule has 1 unspecified atom stereocenters. The van der Waals surface area contributed by atoms with Gasteiger partial charge in [-0.05, 0) is 67.9 Å². The van der Waals surface area contributed by atoms with Gasteiger partial charge in [0, 0.05) is 6.54 Å². The Labute approximate surface area is 144 Å². The van der Waals surface area contributed by atoms with Crippen molar-refractivity contribution in [1.29, 1.82) is 0 Å². The van der Waals surface area contributed by atoms with Crippen molar-refractivity contribution < 1.29 is 8.42 Å². The summed E-state index contributed by atoms with van der Waals surface area (Å²) in [6.45, 7) is 6.41. The van der Waals surface area contributed by atoms with E-state index in [1.54, 1.807) is 4.31 Å². The Hall–Kier alpha value is -1.65. The number of rotatable bonds is 2. The van der Waals surface area contributed by atoms with Crippen LogP contribution in [-0.4, -0.2) is 19.3 Å². The summed E-state index contributed by atoms with van der Waals surface area (Å²) in [4.78, 5) is 0.501. The summed E-state index contributed by atoms with van der Waals surface area (Å²) in [7, 11) is -3.48. The average molecular weight is 341 g/mol. The molecular formula is C20H23NO2S. The minimum Gasteiger partial charge on any atom is -0.207 e. The SMILES string of the molecule is Cc1cc(C)c(S(=O)(=O)N2CCc3cccc4c3C2CC4)c(C)c1. The molecule has 0 saturated carbocycles. The van der Waals surface area contributed by atoms with Gasteiger partial charge in [-0.1, -0.05) is 35.9 Å². The van der Waals surface area contributed by atoms with E-state index >= 15 is 0 Å². The van der Waals surface area contributed by atoms with Crippen molar-refractivity contribution in [2.45, 2.75) is 51.0 Å². The van der Waals surface area contributed by atoms with E-state index in [0.717, 1.165) is 36.0 Å².